The number of nitrogens with zero attached hydrogens (tertiary/aromatic N) is 1. The van der Waals surface area contributed by atoms with Gasteiger partial charge in [0.25, 0.3) is 11.6 Å². The summed E-state index contributed by atoms with van der Waals surface area (Å²) in [5, 5.41) is 10.5. The molecule has 22 heavy (non-hydrogen) atoms. The lowest BCUT2D eigenvalue weighted by Gasteiger charge is -2.10. The average molecular weight is 368 g/mol. The van der Waals surface area contributed by atoms with Gasteiger partial charge in [0.1, 0.15) is 0 Å². The summed E-state index contributed by atoms with van der Waals surface area (Å²) in [5.41, 5.74) is 4.81. The number of hydrogen-bond acceptors (Lipinski definition) is 4. The topological polar surface area (TPSA) is 101 Å². The van der Waals surface area contributed by atoms with E-state index in [-0.39, 0.29) is 16.4 Å². The quantitative estimate of drug-likeness (QED) is 0.367. The molecule has 1 fully saturated rings. The van der Waals surface area contributed by atoms with E-state index in [1.807, 2.05) is 0 Å². The summed E-state index contributed by atoms with van der Waals surface area (Å²) in [6.07, 6.45) is 3.47. The zero-order valence-electron chi connectivity index (χ0n) is 11.7. The minimum absolute atomic E-state index is 0.0177. The zero-order valence-corrected chi connectivity index (χ0v) is 13.3. The lowest BCUT2D eigenvalue weighted by molar-refractivity contribution is -0.384. The van der Waals surface area contributed by atoms with Gasteiger partial charge in [-0.3, -0.25) is 30.6 Å². The predicted molar refractivity (Wildman–Crippen MR) is 83.9 cm³/mol. The van der Waals surface area contributed by atoms with E-state index in [1.165, 1.54) is 36.4 Å². The van der Waals surface area contributed by atoms with E-state index in [0.717, 1.165) is 6.42 Å². The molecule has 1 aromatic rings. The first-order valence-corrected chi connectivity index (χ1v) is 7.41. The number of nitro groups is 1. The van der Waals surface area contributed by atoms with Gasteiger partial charge in [-0.05, 0) is 37.1 Å². The molecular weight excluding hydrogens is 354 g/mol. The summed E-state index contributed by atoms with van der Waals surface area (Å²) in [5.74, 6) is -0.728. The molecule has 0 radical (unpaired) electrons. The number of rotatable bonds is 4. The number of alkyl halides is 1. The summed E-state index contributed by atoms with van der Waals surface area (Å²) in [6.45, 7) is 1.81. The molecule has 7 nitrogen and oxygen atoms in total. The third-order valence-electron chi connectivity index (χ3n) is 3.48. The number of amides is 2. The van der Waals surface area contributed by atoms with Gasteiger partial charge in [0.2, 0.25) is 5.91 Å². The van der Waals surface area contributed by atoms with Gasteiger partial charge >= 0.3 is 0 Å². The molecule has 2 atom stereocenters. The fourth-order valence-corrected chi connectivity index (χ4v) is 2.61. The molecule has 0 unspecified atom stereocenters. The van der Waals surface area contributed by atoms with Crippen molar-refractivity contribution in [3.63, 3.8) is 0 Å². The molecule has 2 N–H and O–H groups in total. The van der Waals surface area contributed by atoms with Gasteiger partial charge in [0.15, 0.2) is 0 Å². The normalized spacial score (nSPS) is 23.1. The molecule has 0 spiro atoms. The third-order valence-corrected chi connectivity index (χ3v) is 4.82. The number of nitrogens with one attached hydrogen (secondary N) is 2. The molecule has 2 rings (SSSR count). The second-order valence-electron chi connectivity index (χ2n) is 5.21. The summed E-state index contributed by atoms with van der Waals surface area (Å²) < 4.78 is 0. The van der Waals surface area contributed by atoms with E-state index in [9.17, 15) is 19.7 Å². The van der Waals surface area contributed by atoms with Crippen molar-refractivity contribution in [2.75, 3.05) is 0 Å². The zero-order chi connectivity index (χ0) is 16.3. The Morgan fingerprint density at radius 3 is 2.45 bits per heavy atom. The Morgan fingerprint density at radius 1 is 1.36 bits per heavy atom. The maximum absolute atomic E-state index is 11.8. The van der Waals surface area contributed by atoms with Crippen LogP contribution in [0.4, 0.5) is 5.69 Å². The van der Waals surface area contributed by atoms with E-state index >= 15 is 0 Å². The summed E-state index contributed by atoms with van der Waals surface area (Å²) >= 11 is 3.35. The van der Waals surface area contributed by atoms with Crippen molar-refractivity contribution in [2.24, 2.45) is 5.41 Å². The Morgan fingerprint density at radius 2 is 1.95 bits per heavy atom. The first-order chi connectivity index (χ1) is 10.3. The molecule has 1 aliphatic carbocycles. The molecule has 116 valence electrons. The van der Waals surface area contributed by atoms with Gasteiger partial charge in [0.05, 0.1) is 10.3 Å². The number of carbonyl (C=O) groups is 2. The van der Waals surface area contributed by atoms with Crippen molar-refractivity contribution in [1.82, 2.24) is 10.9 Å². The smallest absolute Gasteiger partial charge is 0.269 e. The van der Waals surface area contributed by atoms with Crippen LogP contribution in [0.15, 0.2) is 30.3 Å². The number of carbonyl (C=O) groups excluding carboxylic acids is 2. The Bertz CT molecular complexity index is 644. The van der Waals surface area contributed by atoms with Gasteiger partial charge < -0.3 is 0 Å². The highest BCUT2D eigenvalue weighted by Gasteiger charge is 2.54. The fraction of sp³-hybridized carbons (Fsp3) is 0.286. The minimum atomic E-state index is -0.495. The molecule has 8 heteroatoms. The van der Waals surface area contributed by atoms with Crippen LogP contribution in [-0.2, 0) is 9.59 Å². The maximum Gasteiger partial charge on any atom is 0.269 e. The average Bonchev–Trinajstić information content (AvgIpc) is 3.11. The Balaban J connectivity index is 1.84. The number of non-ortho nitro benzene ring substituents is 1. The van der Waals surface area contributed by atoms with E-state index in [1.54, 1.807) is 6.92 Å². The number of benzene rings is 1. The first-order valence-electron chi connectivity index (χ1n) is 6.50. The second kappa shape index (κ2) is 6.27. The molecule has 0 aromatic heterocycles. The van der Waals surface area contributed by atoms with Crippen LogP contribution >= 0.6 is 15.9 Å². The SMILES string of the molecule is C[C@]1(C(=O)NNC(=O)/C=C/c2ccc([N+](=O)[O-])cc2)C[C@@H]1Br. The Hall–Kier alpha value is -2.22. The highest BCUT2D eigenvalue weighted by molar-refractivity contribution is 9.09. The highest BCUT2D eigenvalue weighted by Crippen LogP contribution is 2.51. The fourth-order valence-electron chi connectivity index (χ4n) is 1.73. The maximum atomic E-state index is 11.8. The molecule has 1 aromatic carbocycles. The van der Waals surface area contributed by atoms with Gasteiger partial charge in [-0.25, -0.2) is 0 Å². The van der Waals surface area contributed by atoms with Crippen LogP contribution < -0.4 is 10.9 Å². The summed E-state index contributed by atoms with van der Waals surface area (Å²) in [4.78, 5) is 33.5. The molecule has 1 aliphatic rings. The number of nitro benzene ring substituents is 1. The number of hydrogen-bond donors (Lipinski definition) is 2. The monoisotopic (exact) mass is 367 g/mol. The number of halogens is 1. The predicted octanol–water partition coefficient (Wildman–Crippen LogP) is 1.93. The van der Waals surface area contributed by atoms with Crippen LogP contribution in [0.5, 0.6) is 0 Å². The minimum Gasteiger partial charge on any atom is -0.273 e. The molecule has 0 saturated heterocycles. The van der Waals surface area contributed by atoms with Crippen LogP contribution in [0.3, 0.4) is 0 Å². The van der Waals surface area contributed by atoms with Crippen LogP contribution in [-0.4, -0.2) is 21.6 Å². The Labute approximate surface area is 135 Å². The van der Waals surface area contributed by atoms with Crippen molar-refractivity contribution in [3.8, 4) is 0 Å². The van der Waals surface area contributed by atoms with Crippen molar-refractivity contribution in [3.05, 3.63) is 46.0 Å². The third kappa shape index (κ3) is 3.70. The first kappa shape index (κ1) is 16.2. The summed E-state index contributed by atoms with van der Waals surface area (Å²) in [7, 11) is 0. The second-order valence-corrected chi connectivity index (χ2v) is 6.32. The molecular formula is C14H14BrN3O4. The highest BCUT2D eigenvalue weighted by atomic mass is 79.9. The van der Waals surface area contributed by atoms with Crippen molar-refractivity contribution in [1.29, 1.82) is 0 Å². The lowest BCUT2D eigenvalue weighted by atomic mass is 10.1. The van der Waals surface area contributed by atoms with Crippen LogP contribution in [0.1, 0.15) is 18.9 Å². The lowest BCUT2D eigenvalue weighted by Crippen LogP contribution is -2.44. The molecule has 1 saturated carbocycles. The standard InChI is InChI=1S/C14H14BrN3O4/c1-14(8-11(14)15)13(20)17-16-12(19)7-4-9-2-5-10(6-3-9)18(21)22/h2-7,11H,8H2,1H3,(H,16,19)(H,17,20)/b7-4+/t11-,14-/m0/s1. The molecule has 0 aliphatic heterocycles. The van der Waals surface area contributed by atoms with Crippen molar-refractivity contribution < 1.29 is 14.5 Å². The van der Waals surface area contributed by atoms with Crippen molar-refractivity contribution >= 4 is 39.5 Å². The van der Waals surface area contributed by atoms with E-state index in [0.29, 0.717) is 5.56 Å². The molecule has 0 heterocycles. The van der Waals surface area contributed by atoms with Gasteiger partial charge in [-0.2, -0.15) is 0 Å². The van der Waals surface area contributed by atoms with Crippen LogP contribution in [0.2, 0.25) is 0 Å². The van der Waals surface area contributed by atoms with Crippen molar-refractivity contribution in [2.45, 2.75) is 18.2 Å². The summed E-state index contributed by atoms with van der Waals surface area (Å²) in [6, 6.07) is 5.76. The Kier molecular flexibility index (Phi) is 4.60. The molecule has 0 bridgehead atoms. The van der Waals surface area contributed by atoms with Gasteiger partial charge in [-0.1, -0.05) is 15.9 Å². The van der Waals surface area contributed by atoms with Crippen LogP contribution in [0.25, 0.3) is 6.08 Å². The number of hydrazine groups is 1. The van der Waals surface area contributed by atoms with Gasteiger partial charge in [0, 0.05) is 23.0 Å². The van der Waals surface area contributed by atoms with E-state index in [2.05, 4.69) is 26.8 Å². The van der Waals surface area contributed by atoms with Gasteiger partial charge in [-0.15, -0.1) is 0 Å². The largest absolute Gasteiger partial charge is 0.273 e. The van der Waals surface area contributed by atoms with E-state index in [4.69, 9.17) is 0 Å². The van der Waals surface area contributed by atoms with E-state index < -0.39 is 16.2 Å². The van der Waals surface area contributed by atoms with Crippen LogP contribution in [0, 0.1) is 15.5 Å². The molecule has 2 amide bonds.